The summed E-state index contributed by atoms with van der Waals surface area (Å²) in [4.78, 5) is 75.5. The number of tetrazole rings is 1. The number of fused-ring (bicyclic) bond motifs is 4. The normalized spacial score (nSPS) is 17.2. The number of carbonyl (C=O) groups is 5. The van der Waals surface area contributed by atoms with E-state index in [1.807, 2.05) is 54.6 Å². The van der Waals surface area contributed by atoms with Crippen LogP contribution in [0.3, 0.4) is 0 Å². The number of hydrogen-bond acceptors (Lipinski definition) is 12. The molecular weight excluding hydrogens is 771 g/mol. The van der Waals surface area contributed by atoms with E-state index < -0.39 is 48.0 Å². The zero-order valence-electron chi connectivity index (χ0n) is 32.6. The molecule has 8 rings (SSSR count). The van der Waals surface area contributed by atoms with Crippen LogP contribution in [0.1, 0.15) is 53.3 Å². The molecule has 2 aliphatic heterocycles. The van der Waals surface area contributed by atoms with Crippen LogP contribution in [-0.2, 0) is 53.0 Å². The van der Waals surface area contributed by atoms with E-state index in [1.54, 1.807) is 12.1 Å². The fraction of sp³-hybridized carbons (Fsp3) is 0.326. The summed E-state index contributed by atoms with van der Waals surface area (Å²) in [5.74, 6) is -1.86. The molecule has 0 bridgehead atoms. The number of nitrogens with one attached hydrogen (secondary N) is 3. The number of morpholine rings is 1. The monoisotopic (exact) mass is 813 g/mol. The molecule has 308 valence electrons. The van der Waals surface area contributed by atoms with Crippen LogP contribution in [0.5, 0.6) is 0 Å². The number of H-pyrrole nitrogens is 1. The molecule has 60 heavy (non-hydrogen) atoms. The molecule has 1 aliphatic carbocycles. The zero-order chi connectivity index (χ0) is 41.4. The molecule has 4 heterocycles. The Morgan fingerprint density at radius 3 is 2.40 bits per heavy atom. The fourth-order valence-electron chi connectivity index (χ4n) is 7.91. The first kappa shape index (κ1) is 39.8. The van der Waals surface area contributed by atoms with Gasteiger partial charge >= 0.3 is 12.1 Å². The van der Waals surface area contributed by atoms with Gasteiger partial charge < -0.3 is 29.7 Å². The number of carbonyl (C=O) groups excluding carboxylic acids is 5. The fourth-order valence-corrected chi connectivity index (χ4v) is 7.91. The SMILES string of the molecule is O=C(CC1CN(C(=O)OCC2c3ccccc3-c3ccccc32)CCO1)NC(CCC(=O)OCc1ccccc1)C(=O)N1c2ncccc2CC1C(=O)NCc1nn[nH]n1. The molecule has 17 heteroatoms. The molecule has 3 atom stereocenters. The van der Waals surface area contributed by atoms with Crippen molar-refractivity contribution in [1.82, 2.24) is 41.1 Å². The van der Waals surface area contributed by atoms with Crippen molar-refractivity contribution in [2.75, 3.05) is 31.2 Å². The van der Waals surface area contributed by atoms with E-state index in [1.165, 1.54) is 16.0 Å². The molecule has 0 spiro atoms. The minimum Gasteiger partial charge on any atom is -0.461 e. The standard InChI is InChI=1S/C43H43N9O8/c53-38(22-29-24-51(19-20-58-29)43(57)60-26-34-32-14-6-4-12-30(32)31-13-5-7-15-33(31)34)46-35(16-17-39(54)59-25-27-9-2-1-3-10-27)42(56)52-36(21-28-11-8-18-44-40(28)52)41(55)45-23-37-47-49-50-48-37/h1-15,18,29,34-36H,16-17,19-26H2,(H,45,55)(H,46,53)(H,47,48,49,50). The third-order valence-corrected chi connectivity index (χ3v) is 10.8. The lowest BCUT2D eigenvalue weighted by atomic mass is 9.98. The zero-order valence-corrected chi connectivity index (χ0v) is 32.6. The first-order valence-corrected chi connectivity index (χ1v) is 19.8. The first-order valence-electron chi connectivity index (χ1n) is 19.8. The van der Waals surface area contributed by atoms with Crippen molar-refractivity contribution in [3.05, 3.63) is 125 Å². The number of aromatic amines is 1. The highest BCUT2D eigenvalue weighted by Gasteiger charge is 2.42. The van der Waals surface area contributed by atoms with E-state index in [2.05, 4.69) is 60.5 Å². The number of benzene rings is 3. The molecular formula is C43H43N9O8. The number of esters is 1. The van der Waals surface area contributed by atoms with Crippen molar-refractivity contribution in [2.45, 2.75) is 62.9 Å². The van der Waals surface area contributed by atoms with E-state index in [9.17, 15) is 24.0 Å². The molecule has 0 radical (unpaired) electrons. The molecule has 4 amide bonds. The lowest BCUT2D eigenvalue weighted by Gasteiger charge is -2.33. The molecule has 0 saturated carbocycles. The number of rotatable bonds is 14. The highest BCUT2D eigenvalue weighted by atomic mass is 16.6. The van der Waals surface area contributed by atoms with Gasteiger partial charge in [0.25, 0.3) is 5.91 Å². The Morgan fingerprint density at radius 1 is 0.900 bits per heavy atom. The number of nitrogens with zero attached hydrogens (tertiary/aromatic N) is 6. The van der Waals surface area contributed by atoms with Crippen LogP contribution in [0, 0.1) is 0 Å². The Balaban J connectivity index is 0.927. The van der Waals surface area contributed by atoms with Crippen molar-refractivity contribution in [3.8, 4) is 11.1 Å². The van der Waals surface area contributed by atoms with Crippen LogP contribution in [0.4, 0.5) is 10.6 Å². The molecule has 3 aromatic carbocycles. The summed E-state index contributed by atoms with van der Waals surface area (Å²) in [7, 11) is 0. The number of hydrogen-bond donors (Lipinski definition) is 3. The van der Waals surface area contributed by atoms with E-state index in [0.29, 0.717) is 5.56 Å². The minimum absolute atomic E-state index is 0.0376. The third kappa shape index (κ3) is 9.00. The molecule has 3 aliphatic rings. The molecule has 17 nitrogen and oxygen atoms in total. The van der Waals surface area contributed by atoms with Gasteiger partial charge in [0.05, 0.1) is 32.2 Å². The lowest BCUT2D eigenvalue weighted by Crippen LogP contribution is -2.55. The van der Waals surface area contributed by atoms with E-state index >= 15 is 0 Å². The van der Waals surface area contributed by atoms with Gasteiger partial charge in [-0.05, 0) is 45.9 Å². The Morgan fingerprint density at radius 2 is 1.65 bits per heavy atom. The van der Waals surface area contributed by atoms with Crippen LogP contribution in [0.15, 0.2) is 97.2 Å². The topological polar surface area (TPSA) is 211 Å². The number of pyridine rings is 1. The Bertz CT molecular complexity index is 2300. The molecule has 2 aromatic heterocycles. The second kappa shape index (κ2) is 18.3. The van der Waals surface area contributed by atoms with Gasteiger partial charge in [0.1, 0.15) is 31.1 Å². The quantitative estimate of drug-likeness (QED) is 0.138. The number of amides is 4. The van der Waals surface area contributed by atoms with Gasteiger partial charge in [-0.15, -0.1) is 10.2 Å². The summed E-state index contributed by atoms with van der Waals surface area (Å²) in [5.41, 5.74) is 5.89. The predicted octanol–water partition coefficient (Wildman–Crippen LogP) is 3.22. The largest absolute Gasteiger partial charge is 0.461 e. The van der Waals surface area contributed by atoms with Crippen molar-refractivity contribution < 1.29 is 38.2 Å². The van der Waals surface area contributed by atoms with Crippen molar-refractivity contribution in [2.24, 2.45) is 0 Å². The van der Waals surface area contributed by atoms with Gasteiger partial charge in [-0.2, -0.15) is 5.21 Å². The summed E-state index contributed by atoms with van der Waals surface area (Å²) < 4.78 is 17.3. The Kier molecular flexibility index (Phi) is 12.1. The lowest BCUT2D eigenvalue weighted by molar-refractivity contribution is -0.145. The maximum atomic E-state index is 14.6. The Labute approximate surface area is 344 Å². The van der Waals surface area contributed by atoms with Gasteiger partial charge in [0.2, 0.25) is 11.8 Å². The highest BCUT2D eigenvalue weighted by Crippen LogP contribution is 2.44. The van der Waals surface area contributed by atoms with Crippen LogP contribution in [0.25, 0.3) is 11.1 Å². The van der Waals surface area contributed by atoms with Gasteiger partial charge in [0.15, 0.2) is 5.82 Å². The summed E-state index contributed by atoms with van der Waals surface area (Å²) >= 11 is 0. The second-order valence-electron chi connectivity index (χ2n) is 14.7. The van der Waals surface area contributed by atoms with Gasteiger partial charge in [0, 0.05) is 31.5 Å². The summed E-state index contributed by atoms with van der Waals surface area (Å²) in [6.07, 6.45) is -0.0918. The summed E-state index contributed by atoms with van der Waals surface area (Å²) in [6, 6.07) is 26.5. The maximum Gasteiger partial charge on any atom is 0.409 e. The smallest absolute Gasteiger partial charge is 0.409 e. The average molecular weight is 814 g/mol. The van der Waals surface area contributed by atoms with Crippen molar-refractivity contribution in [3.63, 3.8) is 0 Å². The van der Waals surface area contributed by atoms with Crippen LogP contribution < -0.4 is 15.5 Å². The van der Waals surface area contributed by atoms with Gasteiger partial charge in [-0.25, -0.2) is 9.78 Å². The van der Waals surface area contributed by atoms with Crippen molar-refractivity contribution >= 4 is 35.6 Å². The molecule has 3 unspecified atom stereocenters. The molecule has 1 saturated heterocycles. The number of aromatic nitrogens is 5. The first-order chi connectivity index (χ1) is 29.3. The number of ether oxygens (including phenoxy) is 3. The summed E-state index contributed by atoms with van der Waals surface area (Å²) in [6.45, 7) is 0.681. The average Bonchev–Trinajstić information content (AvgIpc) is 4.02. The maximum absolute atomic E-state index is 14.6. The van der Waals surface area contributed by atoms with Crippen LogP contribution in [0.2, 0.25) is 0 Å². The highest BCUT2D eigenvalue weighted by molar-refractivity contribution is 6.06. The van der Waals surface area contributed by atoms with E-state index in [-0.39, 0.29) is 82.7 Å². The molecule has 1 fully saturated rings. The number of anilines is 1. The van der Waals surface area contributed by atoms with Gasteiger partial charge in [-0.3, -0.25) is 24.1 Å². The van der Waals surface area contributed by atoms with E-state index in [4.69, 9.17) is 14.2 Å². The van der Waals surface area contributed by atoms with Crippen molar-refractivity contribution in [1.29, 1.82) is 0 Å². The van der Waals surface area contributed by atoms with Crippen LogP contribution >= 0.6 is 0 Å². The molecule has 3 N–H and O–H groups in total. The third-order valence-electron chi connectivity index (χ3n) is 10.8. The Hall–Kier alpha value is -7.01. The predicted molar refractivity (Wildman–Crippen MR) is 214 cm³/mol. The van der Waals surface area contributed by atoms with Gasteiger partial charge in [-0.1, -0.05) is 90.1 Å². The minimum atomic E-state index is -1.26. The van der Waals surface area contributed by atoms with Crippen LogP contribution in [-0.4, -0.2) is 105 Å². The van der Waals surface area contributed by atoms with E-state index in [0.717, 1.165) is 27.8 Å². The second-order valence-corrected chi connectivity index (χ2v) is 14.7. The summed E-state index contributed by atoms with van der Waals surface area (Å²) in [5, 5.41) is 19.1. The molecule has 5 aromatic rings.